The summed E-state index contributed by atoms with van der Waals surface area (Å²) in [5, 5.41) is 10.8. The summed E-state index contributed by atoms with van der Waals surface area (Å²) in [5.41, 5.74) is 4.67. The van der Waals surface area contributed by atoms with Crippen molar-refractivity contribution >= 4 is 17.7 Å². The standard InChI is InChI=1S/C13H8F2N2O3/c14-10-4-7(6-18)3-9(13(10)15)8-1-2-11(16)12(5-8)17(19)20/h1-6H,16H2. The van der Waals surface area contributed by atoms with E-state index in [1.165, 1.54) is 12.1 Å². The molecule has 2 aromatic carbocycles. The second kappa shape index (κ2) is 5.04. The number of nitro benzene ring substituents is 1. The summed E-state index contributed by atoms with van der Waals surface area (Å²) < 4.78 is 27.1. The minimum Gasteiger partial charge on any atom is -0.393 e. The van der Waals surface area contributed by atoms with Crippen molar-refractivity contribution < 1.29 is 18.5 Å². The average molecular weight is 278 g/mol. The third-order valence-electron chi connectivity index (χ3n) is 2.72. The van der Waals surface area contributed by atoms with Crippen LogP contribution in [0.3, 0.4) is 0 Å². The van der Waals surface area contributed by atoms with Crippen molar-refractivity contribution in [2.45, 2.75) is 0 Å². The Morgan fingerprint density at radius 3 is 2.50 bits per heavy atom. The molecule has 0 unspecified atom stereocenters. The van der Waals surface area contributed by atoms with Crippen molar-refractivity contribution in [3.63, 3.8) is 0 Å². The number of carbonyl (C=O) groups excluding carboxylic acids is 1. The van der Waals surface area contributed by atoms with E-state index in [2.05, 4.69) is 0 Å². The van der Waals surface area contributed by atoms with E-state index in [1.807, 2.05) is 0 Å². The fraction of sp³-hybridized carbons (Fsp3) is 0. The quantitative estimate of drug-likeness (QED) is 0.405. The zero-order chi connectivity index (χ0) is 14.9. The van der Waals surface area contributed by atoms with E-state index < -0.39 is 22.2 Å². The molecule has 2 aromatic rings. The number of nitro groups is 1. The van der Waals surface area contributed by atoms with E-state index in [9.17, 15) is 23.7 Å². The van der Waals surface area contributed by atoms with Crippen LogP contribution in [-0.2, 0) is 0 Å². The molecule has 2 N–H and O–H groups in total. The van der Waals surface area contributed by atoms with Gasteiger partial charge >= 0.3 is 0 Å². The Morgan fingerprint density at radius 1 is 1.20 bits per heavy atom. The topological polar surface area (TPSA) is 86.2 Å². The Labute approximate surface area is 111 Å². The Kier molecular flexibility index (Phi) is 3.43. The first-order valence-corrected chi connectivity index (χ1v) is 5.42. The van der Waals surface area contributed by atoms with Gasteiger partial charge in [-0.25, -0.2) is 8.78 Å². The number of hydrogen-bond donors (Lipinski definition) is 1. The largest absolute Gasteiger partial charge is 0.393 e. The summed E-state index contributed by atoms with van der Waals surface area (Å²) in [4.78, 5) is 20.7. The van der Waals surface area contributed by atoms with Crippen LogP contribution in [0.4, 0.5) is 20.2 Å². The molecule has 0 aliphatic carbocycles. The predicted molar refractivity (Wildman–Crippen MR) is 68.2 cm³/mol. The van der Waals surface area contributed by atoms with Crippen LogP contribution >= 0.6 is 0 Å². The van der Waals surface area contributed by atoms with Gasteiger partial charge in [0.15, 0.2) is 11.6 Å². The van der Waals surface area contributed by atoms with Gasteiger partial charge in [0, 0.05) is 17.2 Å². The fourth-order valence-corrected chi connectivity index (χ4v) is 1.76. The van der Waals surface area contributed by atoms with E-state index in [0.717, 1.165) is 18.2 Å². The molecule has 0 aliphatic rings. The van der Waals surface area contributed by atoms with Gasteiger partial charge < -0.3 is 5.73 Å². The third-order valence-corrected chi connectivity index (χ3v) is 2.72. The van der Waals surface area contributed by atoms with Gasteiger partial charge in [0.1, 0.15) is 12.0 Å². The lowest BCUT2D eigenvalue weighted by Crippen LogP contribution is -1.98. The van der Waals surface area contributed by atoms with Gasteiger partial charge in [-0.05, 0) is 23.8 Å². The number of benzene rings is 2. The van der Waals surface area contributed by atoms with Crippen LogP contribution in [0.1, 0.15) is 10.4 Å². The first kappa shape index (κ1) is 13.6. The van der Waals surface area contributed by atoms with Crippen molar-refractivity contribution in [1.29, 1.82) is 0 Å². The zero-order valence-corrected chi connectivity index (χ0v) is 9.97. The number of nitrogen functional groups attached to an aromatic ring is 1. The number of halogens is 2. The van der Waals surface area contributed by atoms with E-state index in [1.54, 1.807) is 0 Å². The Morgan fingerprint density at radius 2 is 1.90 bits per heavy atom. The lowest BCUT2D eigenvalue weighted by molar-refractivity contribution is -0.383. The lowest BCUT2D eigenvalue weighted by atomic mass is 10.0. The summed E-state index contributed by atoms with van der Waals surface area (Å²) in [6.45, 7) is 0. The van der Waals surface area contributed by atoms with Crippen LogP contribution in [0.15, 0.2) is 30.3 Å². The summed E-state index contributed by atoms with van der Waals surface area (Å²) in [6.07, 6.45) is 0.359. The molecule has 0 amide bonds. The van der Waals surface area contributed by atoms with Gasteiger partial charge in [-0.1, -0.05) is 6.07 Å². The highest BCUT2D eigenvalue weighted by atomic mass is 19.2. The van der Waals surface area contributed by atoms with E-state index in [0.29, 0.717) is 6.29 Å². The Hall–Kier alpha value is -2.83. The molecule has 2 rings (SSSR count). The van der Waals surface area contributed by atoms with Crippen molar-refractivity contribution in [2.24, 2.45) is 0 Å². The lowest BCUT2D eigenvalue weighted by Gasteiger charge is -2.06. The van der Waals surface area contributed by atoms with Crippen molar-refractivity contribution in [2.75, 3.05) is 5.73 Å². The maximum atomic E-state index is 13.7. The molecular formula is C13H8F2N2O3. The summed E-state index contributed by atoms with van der Waals surface area (Å²) >= 11 is 0. The first-order valence-electron chi connectivity index (χ1n) is 5.42. The summed E-state index contributed by atoms with van der Waals surface area (Å²) in [7, 11) is 0. The first-order chi connectivity index (χ1) is 9.43. The molecule has 0 bridgehead atoms. The number of rotatable bonds is 3. The minimum atomic E-state index is -1.20. The number of aldehydes is 1. The highest BCUT2D eigenvalue weighted by molar-refractivity contribution is 5.80. The predicted octanol–water partition coefficient (Wildman–Crippen LogP) is 2.93. The molecule has 0 aliphatic heterocycles. The van der Waals surface area contributed by atoms with Gasteiger partial charge in [-0.15, -0.1) is 0 Å². The number of nitrogens with zero attached hydrogens (tertiary/aromatic N) is 1. The highest BCUT2D eigenvalue weighted by Crippen LogP contribution is 2.31. The summed E-state index contributed by atoms with van der Waals surface area (Å²) in [6, 6.07) is 5.42. The van der Waals surface area contributed by atoms with Crippen molar-refractivity contribution in [1.82, 2.24) is 0 Å². The van der Waals surface area contributed by atoms with Crippen molar-refractivity contribution in [3.05, 3.63) is 57.6 Å². The molecule has 0 fully saturated rings. The van der Waals surface area contributed by atoms with Gasteiger partial charge in [-0.3, -0.25) is 14.9 Å². The summed E-state index contributed by atoms with van der Waals surface area (Å²) in [5.74, 6) is -2.39. The molecule has 0 aromatic heterocycles. The maximum Gasteiger partial charge on any atom is 0.292 e. The number of anilines is 1. The number of nitrogens with two attached hydrogens (primary N) is 1. The molecule has 20 heavy (non-hydrogen) atoms. The second-order valence-electron chi connectivity index (χ2n) is 4.01. The van der Waals surface area contributed by atoms with Crippen molar-refractivity contribution in [3.8, 4) is 11.1 Å². The molecule has 0 radical (unpaired) electrons. The Balaban J connectivity index is 2.68. The van der Waals surface area contributed by atoms with Crippen LogP contribution in [0.25, 0.3) is 11.1 Å². The zero-order valence-electron chi connectivity index (χ0n) is 9.97. The van der Waals surface area contributed by atoms with E-state index in [4.69, 9.17) is 5.73 Å². The number of carbonyl (C=O) groups is 1. The molecule has 5 nitrogen and oxygen atoms in total. The third kappa shape index (κ3) is 2.33. The molecule has 7 heteroatoms. The minimum absolute atomic E-state index is 0.0611. The maximum absolute atomic E-state index is 13.7. The van der Waals surface area contributed by atoms with Crippen LogP contribution < -0.4 is 5.73 Å². The molecule has 0 spiro atoms. The average Bonchev–Trinajstić information content (AvgIpc) is 2.42. The fourth-order valence-electron chi connectivity index (χ4n) is 1.76. The monoisotopic (exact) mass is 278 g/mol. The SMILES string of the molecule is Nc1ccc(-c2cc(C=O)cc(F)c2F)cc1[N+](=O)[O-]. The van der Waals surface area contributed by atoms with Gasteiger partial charge in [0.05, 0.1) is 4.92 Å². The normalized spacial score (nSPS) is 10.3. The van der Waals surface area contributed by atoms with Gasteiger partial charge in [-0.2, -0.15) is 0 Å². The molecular weight excluding hydrogens is 270 g/mol. The van der Waals surface area contributed by atoms with Gasteiger partial charge in [0.25, 0.3) is 5.69 Å². The molecule has 0 saturated heterocycles. The van der Waals surface area contributed by atoms with E-state index in [-0.39, 0.29) is 22.4 Å². The molecule has 0 heterocycles. The smallest absolute Gasteiger partial charge is 0.292 e. The highest BCUT2D eigenvalue weighted by Gasteiger charge is 2.17. The van der Waals surface area contributed by atoms with E-state index >= 15 is 0 Å². The second-order valence-corrected chi connectivity index (χ2v) is 4.01. The van der Waals surface area contributed by atoms with Crippen LogP contribution in [0.2, 0.25) is 0 Å². The Bertz CT molecular complexity index is 717. The van der Waals surface area contributed by atoms with Crippen LogP contribution in [0.5, 0.6) is 0 Å². The van der Waals surface area contributed by atoms with Crippen LogP contribution in [0, 0.1) is 21.7 Å². The van der Waals surface area contributed by atoms with Crippen LogP contribution in [-0.4, -0.2) is 11.2 Å². The number of hydrogen-bond acceptors (Lipinski definition) is 4. The molecule has 0 atom stereocenters. The van der Waals surface area contributed by atoms with Gasteiger partial charge in [0.2, 0.25) is 0 Å². The molecule has 102 valence electrons. The molecule has 0 saturated carbocycles.